The van der Waals surface area contributed by atoms with Crippen molar-refractivity contribution in [3.8, 4) is 0 Å². The highest BCUT2D eigenvalue weighted by Crippen LogP contribution is 2.44. The van der Waals surface area contributed by atoms with E-state index >= 15 is 0 Å². The first kappa shape index (κ1) is 14.1. The number of carbonyl (C=O) groups is 1. The second kappa shape index (κ2) is 5.86. The lowest BCUT2D eigenvalue weighted by Gasteiger charge is -2.42. The van der Waals surface area contributed by atoms with Gasteiger partial charge in [0, 0.05) is 18.5 Å². The smallest absolute Gasteiger partial charge is 0.227 e. The van der Waals surface area contributed by atoms with E-state index in [1.165, 1.54) is 12.8 Å². The number of thiophene rings is 1. The maximum atomic E-state index is 12.4. The SMILES string of the molecule is O=C(Cc1ccsc1)N1CCC[C@](CO)(CC2CC2)C1. The fourth-order valence-electron chi connectivity index (χ4n) is 3.40. The third kappa shape index (κ3) is 3.23. The standard InChI is InChI=1S/C16H23NO2S/c18-12-16(9-13-2-3-13)5-1-6-17(11-16)15(19)8-14-4-7-20-10-14/h4,7,10,13,18H,1-3,5-6,8-9,11-12H2/t16-/m0/s1. The molecule has 110 valence electrons. The van der Waals surface area contributed by atoms with Crippen molar-refractivity contribution in [2.24, 2.45) is 11.3 Å². The van der Waals surface area contributed by atoms with E-state index in [2.05, 4.69) is 0 Å². The molecule has 1 aromatic rings. The highest BCUT2D eigenvalue weighted by molar-refractivity contribution is 7.07. The molecular weight excluding hydrogens is 270 g/mol. The summed E-state index contributed by atoms with van der Waals surface area (Å²) in [7, 11) is 0. The minimum atomic E-state index is -0.0241. The van der Waals surface area contributed by atoms with Gasteiger partial charge < -0.3 is 10.0 Å². The van der Waals surface area contributed by atoms with Gasteiger partial charge in [-0.05, 0) is 47.6 Å². The second-order valence-electron chi connectivity index (χ2n) is 6.53. The predicted molar refractivity (Wildman–Crippen MR) is 80.7 cm³/mol. The average Bonchev–Trinajstić information content (AvgIpc) is 3.12. The molecule has 1 amide bonds. The van der Waals surface area contributed by atoms with Crippen LogP contribution < -0.4 is 0 Å². The predicted octanol–water partition coefficient (Wildman–Crippen LogP) is 2.69. The number of piperidine rings is 1. The first-order valence-electron chi connectivity index (χ1n) is 7.60. The molecular formula is C16H23NO2S. The molecule has 1 atom stereocenters. The van der Waals surface area contributed by atoms with Gasteiger partial charge in [0.25, 0.3) is 0 Å². The zero-order valence-corrected chi connectivity index (χ0v) is 12.7. The Labute approximate surface area is 124 Å². The van der Waals surface area contributed by atoms with Crippen molar-refractivity contribution in [3.05, 3.63) is 22.4 Å². The topological polar surface area (TPSA) is 40.5 Å². The van der Waals surface area contributed by atoms with Crippen molar-refractivity contribution >= 4 is 17.2 Å². The monoisotopic (exact) mass is 293 g/mol. The molecule has 1 saturated carbocycles. The molecule has 2 aliphatic rings. The highest BCUT2D eigenvalue weighted by atomic mass is 32.1. The van der Waals surface area contributed by atoms with E-state index in [1.54, 1.807) is 11.3 Å². The molecule has 3 nitrogen and oxygen atoms in total. The van der Waals surface area contributed by atoms with E-state index in [1.807, 2.05) is 21.7 Å². The van der Waals surface area contributed by atoms with E-state index in [-0.39, 0.29) is 17.9 Å². The van der Waals surface area contributed by atoms with Gasteiger partial charge in [0.2, 0.25) is 5.91 Å². The number of amides is 1. The first-order chi connectivity index (χ1) is 9.71. The first-order valence-corrected chi connectivity index (χ1v) is 8.55. The number of likely N-dealkylation sites (tertiary alicyclic amines) is 1. The molecule has 0 radical (unpaired) electrons. The number of aliphatic hydroxyl groups is 1. The van der Waals surface area contributed by atoms with Crippen molar-refractivity contribution in [1.29, 1.82) is 0 Å². The van der Waals surface area contributed by atoms with Gasteiger partial charge in [0.1, 0.15) is 0 Å². The van der Waals surface area contributed by atoms with Crippen LogP contribution in [0.2, 0.25) is 0 Å². The van der Waals surface area contributed by atoms with Crippen LogP contribution in [-0.2, 0) is 11.2 Å². The van der Waals surface area contributed by atoms with Crippen molar-refractivity contribution < 1.29 is 9.90 Å². The summed E-state index contributed by atoms with van der Waals surface area (Å²) in [5.74, 6) is 1.02. The van der Waals surface area contributed by atoms with Gasteiger partial charge in [-0.3, -0.25) is 4.79 Å². The van der Waals surface area contributed by atoms with Crippen molar-refractivity contribution in [2.75, 3.05) is 19.7 Å². The Bertz CT molecular complexity index is 455. The van der Waals surface area contributed by atoms with Crippen LogP contribution in [0.3, 0.4) is 0 Å². The summed E-state index contributed by atoms with van der Waals surface area (Å²) in [4.78, 5) is 14.4. The van der Waals surface area contributed by atoms with E-state index < -0.39 is 0 Å². The zero-order valence-electron chi connectivity index (χ0n) is 11.9. The van der Waals surface area contributed by atoms with Crippen LogP contribution in [-0.4, -0.2) is 35.6 Å². The van der Waals surface area contributed by atoms with E-state index in [0.29, 0.717) is 6.42 Å². The van der Waals surface area contributed by atoms with Crippen molar-refractivity contribution in [1.82, 2.24) is 4.90 Å². The van der Waals surface area contributed by atoms with Crippen LogP contribution in [0.25, 0.3) is 0 Å². The maximum Gasteiger partial charge on any atom is 0.227 e. The van der Waals surface area contributed by atoms with Crippen LogP contribution in [0.1, 0.15) is 37.7 Å². The molecule has 1 N–H and O–H groups in total. The molecule has 1 aliphatic carbocycles. The molecule has 1 aromatic heterocycles. The van der Waals surface area contributed by atoms with E-state index in [9.17, 15) is 9.90 Å². The lowest BCUT2D eigenvalue weighted by Crippen LogP contribution is -2.48. The second-order valence-corrected chi connectivity index (χ2v) is 7.31. The Morgan fingerprint density at radius 1 is 1.50 bits per heavy atom. The summed E-state index contributed by atoms with van der Waals surface area (Å²) in [5, 5.41) is 13.9. The molecule has 3 rings (SSSR count). The van der Waals surface area contributed by atoms with Gasteiger partial charge in [-0.25, -0.2) is 0 Å². The van der Waals surface area contributed by atoms with Crippen LogP contribution in [0.15, 0.2) is 16.8 Å². The Morgan fingerprint density at radius 2 is 2.35 bits per heavy atom. The Morgan fingerprint density at radius 3 is 3.00 bits per heavy atom. The quantitative estimate of drug-likeness (QED) is 0.907. The minimum Gasteiger partial charge on any atom is -0.396 e. The maximum absolute atomic E-state index is 12.4. The molecule has 1 aliphatic heterocycles. The van der Waals surface area contributed by atoms with Gasteiger partial charge in [-0.15, -0.1) is 0 Å². The van der Waals surface area contributed by atoms with Crippen LogP contribution in [0, 0.1) is 11.3 Å². The fourth-order valence-corrected chi connectivity index (χ4v) is 4.06. The average molecular weight is 293 g/mol. The minimum absolute atomic E-state index is 0.0241. The number of rotatable bonds is 5. The van der Waals surface area contributed by atoms with Gasteiger partial charge in [-0.2, -0.15) is 11.3 Å². The van der Waals surface area contributed by atoms with Crippen LogP contribution >= 0.6 is 11.3 Å². The largest absolute Gasteiger partial charge is 0.396 e. The number of nitrogens with zero attached hydrogens (tertiary/aromatic N) is 1. The molecule has 1 saturated heterocycles. The lowest BCUT2D eigenvalue weighted by molar-refractivity contribution is -0.135. The van der Waals surface area contributed by atoms with Crippen LogP contribution in [0.5, 0.6) is 0 Å². The molecule has 0 bridgehead atoms. The summed E-state index contributed by atoms with van der Waals surface area (Å²) >= 11 is 1.64. The fraction of sp³-hybridized carbons (Fsp3) is 0.688. The summed E-state index contributed by atoms with van der Waals surface area (Å²) in [6.07, 6.45) is 6.33. The van der Waals surface area contributed by atoms with Gasteiger partial charge in [-0.1, -0.05) is 12.8 Å². The Hall–Kier alpha value is -0.870. The summed E-state index contributed by atoms with van der Waals surface area (Å²) in [5.41, 5.74) is 1.09. The third-order valence-electron chi connectivity index (χ3n) is 4.70. The highest BCUT2D eigenvalue weighted by Gasteiger charge is 2.40. The van der Waals surface area contributed by atoms with Crippen molar-refractivity contribution in [2.45, 2.75) is 38.5 Å². The van der Waals surface area contributed by atoms with Gasteiger partial charge >= 0.3 is 0 Å². The van der Waals surface area contributed by atoms with E-state index in [0.717, 1.165) is 43.8 Å². The van der Waals surface area contributed by atoms with Crippen molar-refractivity contribution in [3.63, 3.8) is 0 Å². The molecule has 2 heterocycles. The number of hydrogen-bond acceptors (Lipinski definition) is 3. The molecule has 0 aromatic carbocycles. The molecule has 0 unspecified atom stereocenters. The molecule has 2 fully saturated rings. The zero-order chi connectivity index (χ0) is 14.0. The van der Waals surface area contributed by atoms with E-state index in [4.69, 9.17) is 0 Å². The van der Waals surface area contributed by atoms with Crippen LogP contribution in [0.4, 0.5) is 0 Å². The summed E-state index contributed by atoms with van der Waals surface area (Å²) < 4.78 is 0. The molecule has 0 spiro atoms. The van der Waals surface area contributed by atoms with Gasteiger partial charge in [0.15, 0.2) is 0 Å². The number of aliphatic hydroxyl groups excluding tert-OH is 1. The molecule has 4 heteroatoms. The normalized spacial score (nSPS) is 26.8. The lowest BCUT2D eigenvalue weighted by atomic mass is 9.76. The Balaban J connectivity index is 1.62. The number of carbonyl (C=O) groups excluding carboxylic acids is 1. The Kier molecular flexibility index (Phi) is 4.13. The summed E-state index contributed by atoms with van der Waals surface area (Å²) in [6, 6.07) is 2.02. The number of hydrogen-bond donors (Lipinski definition) is 1. The molecule has 20 heavy (non-hydrogen) atoms. The van der Waals surface area contributed by atoms with Gasteiger partial charge in [0.05, 0.1) is 13.0 Å². The summed E-state index contributed by atoms with van der Waals surface area (Å²) in [6.45, 7) is 1.84. The third-order valence-corrected chi connectivity index (χ3v) is 5.44.